The molecule has 6 heteroatoms. The Morgan fingerprint density at radius 3 is 3.15 bits per heavy atom. The molecule has 2 aromatic rings. The molecule has 1 aromatic heterocycles. The molecule has 0 saturated heterocycles. The number of benzene rings is 1. The van der Waals surface area contributed by atoms with Gasteiger partial charge in [0.1, 0.15) is 5.75 Å². The highest BCUT2D eigenvalue weighted by Crippen LogP contribution is 2.16. The lowest BCUT2D eigenvalue weighted by atomic mass is 10.0. The normalized spacial score (nSPS) is 17.5. The number of aromatic amines is 1. The number of H-pyrrole nitrogens is 1. The van der Waals surface area contributed by atoms with Crippen molar-refractivity contribution >= 4 is 5.91 Å². The molecule has 104 valence electrons. The van der Waals surface area contributed by atoms with E-state index in [-0.39, 0.29) is 17.7 Å². The van der Waals surface area contributed by atoms with Gasteiger partial charge in [-0.3, -0.25) is 10.1 Å². The number of para-hydroxylation sites is 1. The summed E-state index contributed by atoms with van der Waals surface area (Å²) in [6, 6.07) is 6.70. The average Bonchev–Trinajstić information content (AvgIpc) is 2.93. The smallest absolute Gasteiger partial charge is 0.237 e. The Bertz CT molecular complexity index is 623. The number of amides is 1. The fraction of sp³-hybridized carbons (Fsp3) is 0.286. The molecule has 6 nitrogen and oxygen atoms in total. The van der Waals surface area contributed by atoms with Crippen LogP contribution in [0.5, 0.6) is 5.75 Å². The van der Waals surface area contributed by atoms with Gasteiger partial charge in [0.15, 0.2) is 0 Å². The zero-order valence-corrected chi connectivity index (χ0v) is 10.9. The van der Waals surface area contributed by atoms with Crippen molar-refractivity contribution in [3.63, 3.8) is 0 Å². The summed E-state index contributed by atoms with van der Waals surface area (Å²) in [6.07, 6.45) is 2.22. The minimum Gasteiger partial charge on any atom is -0.508 e. The van der Waals surface area contributed by atoms with Crippen LogP contribution in [0.1, 0.15) is 17.0 Å². The first-order chi connectivity index (χ1) is 9.74. The van der Waals surface area contributed by atoms with E-state index in [0.29, 0.717) is 25.1 Å². The SMILES string of the molecule is O=C(NCc1ccccc1O)C1Cc2nc[nH]c2CN1. The number of nitrogens with zero attached hydrogens (tertiary/aromatic N) is 1. The highest BCUT2D eigenvalue weighted by atomic mass is 16.3. The van der Waals surface area contributed by atoms with Crippen LogP contribution in [0.25, 0.3) is 0 Å². The molecule has 0 radical (unpaired) electrons. The van der Waals surface area contributed by atoms with Crippen LogP contribution in [0.4, 0.5) is 0 Å². The minimum absolute atomic E-state index is 0.0816. The van der Waals surface area contributed by atoms with E-state index >= 15 is 0 Å². The van der Waals surface area contributed by atoms with E-state index in [1.165, 1.54) is 0 Å². The van der Waals surface area contributed by atoms with E-state index in [0.717, 1.165) is 11.4 Å². The van der Waals surface area contributed by atoms with Gasteiger partial charge in [-0.25, -0.2) is 4.98 Å². The molecule has 0 fully saturated rings. The fourth-order valence-electron chi connectivity index (χ4n) is 2.32. The number of aromatic nitrogens is 2. The molecule has 0 aliphatic carbocycles. The Hall–Kier alpha value is -2.34. The second-order valence-corrected chi connectivity index (χ2v) is 4.81. The van der Waals surface area contributed by atoms with Crippen molar-refractivity contribution in [3.8, 4) is 5.75 Å². The zero-order chi connectivity index (χ0) is 13.9. The highest BCUT2D eigenvalue weighted by molar-refractivity contribution is 5.82. The van der Waals surface area contributed by atoms with Gasteiger partial charge in [-0.2, -0.15) is 0 Å². The second kappa shape index (κ2) is 5.34. The Balaban J connectivity index is 1.59. The Morgan fingerprint density at radius 1 is 1.45 bits per heavy atom. The number of aromatic hydroxyl groups is 1. The third-order valence-corrected chi connectivity index (χ3v) is 3.49. The molecule has 3 rings (SSSR count). The Kier molecular flexibility index (Phi) is 3.39. The average molecular weight is 272 g/mol. The number of rotatable bonds is 3. The lowest BCUT2D eigenvalue weighted by molar-refractivity contribution is -0.123. The van der Waals surface area contributed by atoms with Crippen LogP contribution in [0.2, 0.25) is 0 Å². The summed E-state index contributed by atoms with van der Waals surface area (Å²) in [6.45, 7) is 0.932. The van der Waals surface area contributed by atoms with Gasteiger partial charge in [-0.1, -0.05) is 18.2 Å². The molecule has 2 heterocycles. The Morgan fingerprint density at radius 2 is 2.30 bits per heavy atom. The third-order valence-electron chi connectivity index (χ3n) is 3.49. The molecule has 1 aromatic carbocycles. The van der Waals surface area contributed by atoms with Crippen molar-refractivity contribution in [2.24, 2.45) is 0 Å². The van der Waals surface area contributed by atoms with Crippen LogP contribution in [-0.2, 0) is 24.3 Å². The first kappa shape index (κ1) is 12.7. The van der Waals surface area contributed by atoms with Crippen molar-refractivity contribution in [1.82, 2.24) is 20.6 Å². The molecule has 20 heavy (non-hydrogen) atoms. The summed E-state index contributed by atoms with van der Waals surface area (Å²) >= 11 is 0. The number of phenols is 1. The first-order valence-electron chi connectivity index (χ1n) is 6.53. The maximum atomic E-state index is 12.1. The van der Waals surface area contributed by atoms with Gasteiger partial charge in [0.05, 0.1) is 23.8 Å². The van der Waals surface area contributed by atoms with E-state index in [2.05, 4.69) is 20.6 Å². The number of hydrogen-bond acceptors (Lipinski definition) is 4. The monoisotopic (exact) mass is 272 g/mol. The number of imidazole rings is 1. The van der Waals surface area contributed by atoms with Crippen LogP contribution in [0, 0.1) is 0 Å². The predicted octanol–water partition coefficient (Wildman–Crippen LogP) is 0.446. The molecular formula is C14H16N4O2. The summed E-state index contributed by atoms with van der Waals surface area (Å²) in [5, 5.41) is 15.7. The highest BCUT2D eigenvalue weighted by Gasteiger charge is 2.25. The molecule has 1 unspecified atom stereocenters. The molecule has 1 aliphatic rings. The van der Waals surface area contributed by atoms with Crippen molar-refractivity contribution in [2.45, 2.75) is 25.6 Å². The standard InChI is InChI=1S/C14H16N4O2/c19-13-4-2-1-3-9(13)6-16-14(20)11-5-10-12(7-15-11)18-8-17-10/h1-4,8,11,15,19H,5-7H2,(H,16,20)(H,17,18). The maximum absolute atomic E-state index is 12.1. The quantitative estimate of drug-likeness (QED) is 0.653. The zero-order valence-electron chi connectivity index (χ0n) is 10.9. The lowest BCUT2D eigenvalue weighted by Crippen LogP contribution is -2.47. The molecule has 0 spiro atoms. The largest absolute Gasteiger partial charge is 0.508 e. The topological polar surface area (TPSA) is 90.0 Å². The minimum atomic E-state index is -0.281. The molecule has 0 saturated carbocycles. The van der Waals surface area contributed by atoms with Crippen LogP contribution < -0.4 is 10.6 Å². The van der Waals surface area contributed by atoms with Gasteiger partial charge >= 0.3 is 0 Å². The van der Waals surface area contributed by atoms with Gasteiger partial charge in [0, 0.05) is 25.1 Å². The second-order valence-electron chi connectivity index (χ2n) is 4.81. The van der Waals surface area contributed by atoms with Crippen molar-refractivity contribution < 1.29 is 9.90 Å². The van der Waals surface area contributed by atoms with Gasteiger partial charge in [0.25, 0.3) is 0 Å². The number of carbonyl (C=O) groups excluding carboxylic acids is 1. The molecular weight excluding hydrogens is 256 g/mol. The van der Waals surface area contributed by atoms with Gasteiger partial charge in [-0.05, 0) is 6.07 Å². The van der Waals surface area contributed by atoms with Crippen LogP contribution >= 0.6 is 0 Å². The number of fused-ring (bicyclic) bond motifs is 1. The van der Waals surface area contributed by atoms with E-state index < -0.39 is 0 Å². The summed E-state index contributed by atoms with van der Waals surface area (Å²) in [5.74, 6) is 0.112. The summed E-state index contributed by atoms with van der Waals surface area (Å²) in [5.41, 5.74) is 2.68. The van der Waals surface area contributed by atoms with Crippen LogP contribution in [0.3, 0.4) is 0 Å². The predicted molar refractivity (Wildman–Crippen MR) is 72.9 cm³/mol. The van der Waals surface area contributed by atoms with Crippen molar-refractivity contribution in [3.05, 3.63) is 47.5 Å². The molecule has 1 atom stereocenters. The number of nitrogens with one attached hydrogen (secondary N) is 3. The number of hydrogen-bond donors (Lipinski definition) is 4. The van der Waals surface area contributed by atoms with E-state index in [1.807, 2.05) is 6.07 Å². The third kappa shape index (κ3) is 2.50. The maximum Gasteiger partial charge on any atom is 0.237 e. The van der Waals surface area contributed by atoms with E-state index in [1.54, 1.807) is 24.5 Å². The molecule has 4 N–H and O–H groups in total. The molecule has 0 bridgehead atoms. The first-order valence-corrected chi connectivity index (χ1v) is 6.53. The number of phenolic OH excluding ortho intramolecular Hbond substituents is 1. The Labute approximate surface area is 116 Å². The lowest BCUT2D eigenvalue weighted by Gasteiger charge is -2.22. The van der Waals surface area contributed by atoms with Crippen molar-refractivity contribution in [2.75, 3.05) is 0 Å². The summed E-state index contributed by atoms with van der Waals surface area (Å²) < 4.78 is 0. The van der Waals surface area contributed by atoms with Crippen LogP contribution in [0.15, 0.2) is 30.6 Å². The molecule has 1 aliphatic heterocycles. The van der Waals surface area contributed by atoms with Crippen molar-refractivity contribution in [1.29, 1.82) is 0 Å². The van der Waals surface area contributed by atoms with Gasteiger partial charge in [-0.15, -0.1) is 0 Å². The van der Waals surface area contributed by atoms with E-state index in [4.69, 9.17) is 0 Å². The van der Waals surface area contributed by atoms with Crippen LogP contribution in [-0.4, -0.2) is 27.0 Å². The van der Waals surface area contributed by atoms with E-state index in [9.17, 15) is 9.90 Å². The fourth-order valence-corrected chi connectivity index (χ4v) is 2.32. The van der Waals surface area contributed by atoms with Gasteiger partial charge in [0.2, 0.25) is 5.91 Å². The number of carbonyl (C=O) groups is 1. The summed E-state index contributed by atoms with van der Waals surface area (Å²) in [4.78, 5) is 19.4. The van der Waals surface area contributed by atoms with Gasteiger partial charge < -0.3 is 15.4 Å². The molecule has 1 amide bonds. The summed E-state index contributed by atoms with van der Waals surface area (Å²) in [7, 11) is 0.